The maximum atomic E-state index is 12.7. The molecule has 2 aromatic rings. The third-order valence-electron chi connectivity index (χ3n) is 2.46. The first kappa shape index (κ1) is 12.4. The number of aromatic nitrogens is 1. The van der Waals surface area contributed by atoms with Gasteiger partial charge in [-0.15, -0.1) is 0 Å². The second kappa shape index (κ2) is 5.08. The summed E-state index contributed by atoms with van der Waals surface area (Å²) in [5.74, 6) is 0. The zero-order chi connectivity index (χ0) is 13.0. The predicted molar refractivity (Wildman–Crippen MR) is 63.0 cm³/mol. The fourth-order valence-corrected chi connectivity index (χ4v) is 1.58. The lowest BCUT2D eigenvalue weighted by Gasteiger charge is -2.14. The van der Waals surface area contributed by atoms with Crippen LogP contribution in [0.4, 0.5) is 18.9 Å². The maximum Gasteiger partial charge on any atom is 0.418 e. The van der Waals surface area contributed by atoms with Crippen molar-refractivity contribution in [1.29, 1.82) is 0 Å². The van der Waals surface area contributed by atoms with E-state index in [1.807, 2.05) is 0 Å². The molecule has 0 saturated carbocycles. The molecule has 0 aliphatic heterocycles. The fraction of sp³-hybridized carbons (Fsp3) is 0.154. The summed E-state index contributed by atoms with van der Waals surface area (Å²) in [6, 6.07) is 8.94. The van der Waals surface area contributed by atoms with Crippen LogP contribution in [0.3, 0.4) is 0 Å². The molecule has 0 aliphatic rings. The van der Waals surface area contributed by atoms with Gasteiger partial charge >= 0.3 is 6.18 Å². The Kier molecular flexibility index (Phi) is 3.50. The van der Waals surface area contributed by atoms with Crippen molar-refractivity contribution >= 4 is 5.69 Å². The van der Waals surface area contributed by atoms with Gasteiger partial charge in [0.15, 0.2) is 0 Å². The fourth-order valence-electron chi connectivity index (χ4n) is 1.58. The highest BCUT2D eigenvalue weighted by atomic mass is 19.4. The first-order valence-electron chi connectivity index (χ1n) is 5.36. The van der Waals surface area contributed by atoms with Crippen molar-refractivity contribution in [2.24, 2.45) is 0 Å². The summed E-state index contributed by atoms with van der Waals surface area (Å²) in [5.41, 5.74) is 0.308. The van der Waals surface area contributed by atoms with E-state index in [9.17, 15) is 13.2 Å². The molecule has 0 amide bonds. The quantitative estimate of drug-likeness (QED) is 0.900. The average Bonchev–Trinajstić information content (AvgIpc) is 2.37. The van der Waals surface area contributed by atoms with Crippen LogP contribution in [0.25, 0.3) is 0 Å². The van der Waals surface area contributed by atoms with Gasteiger partial charge in [-0.2, -0.15) is 13.2 Å². The minimum Gasteiger partial charge on any atom is -0.380 e. The lowest BCUT2D eigenvalue weighted by Crippen LogP contribution is -2.10. The molecule has 18 heavy (non-hydrogen) atoms. The normalized spacial score (nSPS) is 11.3. The van der Waals surface area contributed by atoms with Crippen molar-refractivity contribution in [3.8, 4) is 0 Å². The largest absolute Gasteiger partial charge is 0.418 e. The molecule has 0 unspecified atom stereocenters. The third-order valence-corrected chi connectivity index (χ3v) is 2.46. The van der Waals surface area contributed by atoms with Crippen molar-refractivity contribution in [2.75, 3.05) is 5.32 Å². The number of hydrogen-bond acceptors (Lipinski definition) is 2. The molecule has 1 N–H and O–H groups in total. The van der Waals surface area contributed by atoms with Gasteiger partial charge < -0.3 is 5.32 Å². The van der Waals surface area contributed by atoms with Gasteiger partial charge in [0.1, 0.15) is 0 Å². The van der Waals surface area contributed by atoms with Gasteiger partial charge in [0.05, 0.1) is 5.56 Å². The predicted octanol–water partition coefficient (Wildman–Crippen LogP) is 3.71. The van der Waals surface area contributed by atoms with Crippen LogP contribution in [-0.4, -0.2) is 4.98 Å². The second-order valence-corrected chi connectivity index (χ2v) is 3.75. The molecule has 1 aromatic heterocycles. The number of nitrogens with zero attached hydrogens (tertiary/aromatic N) is 1. The van der Waals surface area contributed by atoms with Gasteiger partial charge in [0.25, 0.3) is 0 Å². The number of alkyl halides is 3. The van der Waals surface area contributed by atoms with Gasteiger partial charge in [-0.25, -0.2) is 0 Å². The summed E-state index contributed by atoms with van der Waals surface area (Å²) >= 11 is 0. The van der Waals surface area contributed by atoms with Gasteiger partial charge in [0, 0.05) is 24.6 Å². The molecule has 0 radical (unpaired) electrons. The number of rotatable bonds is 3. The molecule has 5 heteroatoms. The zero-order valence-corrected chi connectivity index (χ0v) is 9.41. The van der Waals surface area contributed by atoms with E-state index in [2.05, 4.69) is 10.3 Å². The van der Waals surface area contributed by atoms with Gasteiger partial charge in [-0.3, -0.25) is 4.98 Å². The number of hydrogen-bond donors (Lipinski definition) is 1. The highest BCUT2D eigenvalue weighted by Gasteiger charge is 2.32. The van der Waals surface area contributed by atoms with E-state index >= 15 is 0 Å². The summed E-state index contributed by atoms with van der Waals surface area (Å²) in [4.78, 5) is 3.85. The Labute approximate surface area is 102 Å². The number of anilines is 1. The smallest absolute Gasteiger partial charge is 0.380 e. The average molecular weight is 252 g/mol. The molecule has 0 saturated heterocycles. The highest BCUT2D eigenvalue weighted by Crippen LogP contribution is 2.34. The molecular formula is C13H11F3N2. The van der Waals surface area contributed by atoms with Gasteiger partial charge in [-0.05, 0) is 29.8 Å². The minimum absolute atomic E-state index is 0.0850. The molecule has 0 aliphatic carbocycles. The van der Waals surface area contributed by atoms with E-state index in [0.29, 0.717) is 6.54 Å². The number of pyridine rings is 1. The Hall–Kier alpha value is -2.04. The van der Waals surface area contributed by atoms with Crippen molar-refractivity contribution in [2.45, 2.75) is 12.7 Å². The van der Waals surface area contributed by atoms with Gasteiger partial charge in [0.2, 0.25) is 0 Å². The van der Waals surface area contributed by atoms with Crippen molar-refractivity contribution in [3.05, 3.63) is 59.9 Å². The minimum atomic E-state index is -4.35. The van der Waals surface area contributed by atoms with E-state index in [1.54, 1.807) is 30.6 Å². The Bertz CT molecular complexity index is 509. The molecule has 2 nitrogen and oxygen atoms in total. The first-order chi connectivity index (χ1) is 8.57. The molecule has 0 spiro atoms. The number of halogens is 3. The van der Waals surface area contributed by atoms with E-state index < -0.39 is 11.7 Å². The summed E-state index contributed by atoms with van der Waals surface area (Å²) in [5, 5.41) is 2.79. The molecular weight excluding hydrogens is 241 g/mol. The van der Waals surface area contributed by atoms with Crippen LogP contribution in [0.2, 0.25) is 0 Å². The molecule has 1 heterocycles. The lowest BCUT2D eigenvalue weighted by atomic mass is 10.1. The maximum absolute atomic E-state index is 12.7. The summed E-state index contributed by atoms with van der Waals surface area (Å²) < 4.78 is 38.2. The van der Waals surface area contributed by atoms with Gasteiger partial charge in [-0.1, -0.05) is 12.1 Å². The van der Waals surface area contributed by atoms with Crippen molar-refractivity contribution in [1.82, 2.24) is 4.98 Å². The summed E-state index contributed by atoms with van der Waals surface area (Å²) in [6.07, 6.45) is -1.14. The molecule has 94 valence electrons. The Morgan fingerprint density at radius 1 is 1.00 bits per heavy atom. The SMILES string of the molecule is FC(F)(F)c1ccccc1NCc1ccncc1. The van der Waals surface area contributed by atoms with Crippen molar-refractivity contribution in [3.63, 3.8) is 0 Å². The van der Waals surface area contributed by atoms with Crippen LogP contribution in [0.5, 0.6) is 0 Å². The van der Waals surface area contributed by atoms with Crippen molar-refractivity contribution < 1.29 is 13.2 Å². The monoisotopic (exact) mass is 252 g/mol. The van der Waals surface area contributed by atoms with E-state index in [4.69, 9.17) is 0 Å². The standard InChI is InChI=1S/C13H11F3N2/c14-13(15,16)11-3-1-2-4-12(11)18-9-10-5-7-17-8-6-10/h1-8,18H,9H2. The molecule has 0 bridgehead atoms. The number of para-hydroxylation sites is 1. The molecule has 0 atom stereocenters. The lowest BCUT2D eigenvalue weighted by molar-refractivity contribution is -0.136. The Morgan fingerprint density at radius 2 is 1.67 bits per heavy atom. The molecule has 1 aromatic carbocycles. The Morgan fingerprint density at radius 3 is 2.33 bits per heavy atom. The van der Waals surface area contributed by atoms with Crippen LogP contribution in [0.1, 0.15) is 11.1 Å². The third kappa shape index (κ3) is 3.00. The van der Waals surface area contributed by atoms with E-state index in [0.717, 1.165) is 11.6 Å². The van der Waals surface area contributed by atoms with Crippen LogP contribution in [-0.2, 0) is 12.7 Å². The van der Waals surface area contributed by atoms with Crippen LogP contribution < -0.4 is 5.32 Å². The Balaban J connectivity index is 2.15. The van der Waals surface area contributed by atoms with Crippen LogP contribution >= 0.6 is 0 Å². The summed E-state index contributed by atoms with van der Waals surface area (Å²) in [6.45, 7) is 0.329. The second-order valence-electron chi connectivity index (χ2n) is 3.75. The zero-order valence-electron chi connectivity index (χ0n) is 9.41. The van der Waals surface area contributed by atoms with Crippen LogP contribution in [0.15, 0.2) is 48.8 Å². The summed E-state index contributed by atoms with van der Waals surface area (Å²) in [7, 11) is 0. The highest BCUT2D eigenvalue weighted by molar-refractivity contribution is 5.52. The first-order valence-corrected chi connectivity index (χ1v) is 5.36. The number of nitrogens with one attached hydrogen (secondary N) is 1. The van der Waals surface area contributed by atoms with E-state index in [-0.39, 0.29) is 5.69 Å². The molecule has 2 rings (SSSR count). The molecule has 0 fully saturated rings. The van der Waals surface area contributed by atoms with E-state index in [1.165, 1.54) is 12.1 Å². The van der Waals surface area contributed by atoms with Crippen LogP contribution in [0, 0.1) is 0 Å². The number of benzene rings is 1. The topological polar surface area (TPSA) is 24.9 Å².